The zero-order valence-electron chi connectivity index (χ0n) is 10.2. The van der Waals surface area contributed by atoms with Crippen LogP contribution in [0.3, 0.4) is 0 Å². The highest BCUT2D eigenvalue weighted by atomic mass is 79.9. The number of hydrogen-bond donors (Lipinski definition) is 1. The summed E-state index contributed by atoms with van der Waals surface area (Å²) in [5.41, 5.74) is 1.16. The van der Waals surface area contributed by atoms with Crippen LogP contribution < -0.4 is 10.1 Å². The van der Waals surface area contributed by atoms with E-state index in [-0.39, 0.29) is 6.04 Å². The summed E-state index contributed by atoms with van der Waals surface area (Å²) in [6.07, 6.45) is 1.33. The fourth-order valence-corrected chi connectivity index (χ4v) is 2.14. The predicted molar refractivity (Wildman–Crippen MR) is 70.2 cm³/mol. The van der Waals surface area contributed by atoms with Crippen molar-refractivity contribution >= 4 is 15.9 Å². The lowest BCUT2D eigenvalue weighted by atomic mass is 10.1. The molecule has 96 valence electrons. The van der Waals surface area contributed by atoms with Gasteiger partial charge in [-0.25, -0.2) is 0 Å². The van der Waals surface area contributed by atoms with Gasteiger partial charge in [-0.15, -0.1) is 0 Å². The summed E-state index contributed by atoms with van der Waals surface area (Å²) in [5, 5.41) is 7.07. The first-order valence-corrected chi connectivity index (χ1v) is 6.32. The number of halogens is 1. The van der Waals surface area contributed by atoms with Gasteiger partial charge in [-0.05, 0) is 40.5 Å². The minimum Gasteiger partial charge on any atom is -0.496 e. The zero-order valence-corrected chi connectivity index (χ0v) is 11.8. The maximum absolute atomic E-state index is 5.20. The number of nitrogens with one attached hydrogen (secondary N) is 1. The summed E-state index contributed by atoms with van der Waals surface area (Å²) >= 11 is 3.47. The number of rotatable bonds is 5. The van der Waals surface area contributed by atoms with E-state index in [0.717, 1.165) is 15.8 Å². The van der Waals surface area contributed by atoms with Gasteiger partial charge in [0.2, 0.25) is 6.39 Å². The van der Waals surface area contributed by atoms with Crippen LogP contribution in [0.15, 0.2) is 33.6 Å². The van der Waals surface area contributed by atoms with Gasteiger partial charge >= 0.3 is 0 Å². The second kappa shape index (κ2) is 5.97. The van der Waals surface area contributed by atoms with E-state index in [9.17, 15) is 0 Å². The summed E-state index contributed by atoms with van der Waals surface area (Å²) in [4.78, 5) is 3.96. The lowest BCUT2D eigenvalue weighted by Gasteiger charge is -2.14. The van der Waals surface area contributed by atoms with E-state index >= 15 is 0 Å². The average molecular weight is 312 g/mol. The van der Waals surface area contributed by atoms with Crippen LogP contribution in [0.2, 0.25) is 0 Å². The molecule has 6 heteroatoms. The molecule has 0 amide bonds. The van der Waals surface area contributed by atoms with E-state index in [2.05, 4.69) is 42.8 Å². The van der Waals surface area contributed by atoms with Crippen LogP contribution in [0.5, 0.6) is 5.75 Å². The molecular formula is C12H14BrN3O2. The minimum absolute atomic E-state index is 0.186. The molecule has 0 aliphatic heterocycles. The van der Waals surface area contributed by atoms with Gasteiger partial charge in [-0.2, -0.15) is 4.98 Å². The first-order chi connectivity index (χ1) is 8.70. The fraction of sp³-hybridized carbons (Fsp3) is 0.333. The van der Waals surface area contributed by atoms with Gasteiger partial charge in [-0.3, -0.25) is 0 Å². The van der Waals surface area contributed by atoms with Crippen LogP contribution in [0.4, 0.5) is 0 Å². The SMILES string of the molecule is COc1ccc(C(C)NCc2ncon2)cc1Br. The van der Waals surface area contributed by atoms with Gasteiger partial charge in [0.15, 0.2) is 5.82 Å². The summed E-state index contributed by atoms with van der Waals surface area (Å²) in [5.74, 6) is 1.47. The number of aromatic nitrogens is 2. The van der Waals surface area contributed by atoms with E-state index in [1.54, 1.807) is 7.11 Å². The Morgan fingerprint density at radius 1 is 1.50 bits per heavy atom. The van der Waals surface area contributed by atoms with Crippen molar-refractivity contribution in [2.24, 2.45) is 0 Å². The molecule has 0 saturated carbocycles. The second-order valence-corrected chi connectivity index (χ2v) is 4.70. The molecule has 0 bridgehead atoms. The first-order valence-electron chi connectivity index (χ1n) is 5.52. The zero-order chi connectivity index (χ0) is 13.0. The van der Waals surface area contributed by atoms with Crippen molar-refractivity contribution in [2.45, 2.75) is 19.5 Å². The molecule has 0 fully saturated rings. The van der Waals surface area contributed by atoms with E-state index < -0.39 is 0 Å². The molecule has 1 aromatic heterocycles. The van der Waals surface area contributed by atoms with Crippen molar-refractivity contribution in [3.63, 3.8) is 0 Å². The standard InChI is InChI=1S/C12H14BrN3O2/c1-8(14-6-12-15-7-18-16-12)9-3-4-11(17-2)10(13)5-9/h3-5,7-8,14H,6H2,1-2H3. The van der Waals surface area contributed by atoms with E-state index in [1.165, 1.54) is 6.39 Å². The third kappa shape index (κ3) is 3.08. The average Bonchev–Trinajstić information content (AvgIpc) is 2.89. The van der Waals surface area contributed by atoms with E-state index in [1.807, 2.05) is 18.2 Å². The van der Waals surface area contributed by atoms with Crippen LogP contribution in [0.1, 0.15) is 24.4 Å². The molecule has 2 rings (SSSR count). The van der Waals surface area contributed by atoms with Crippen LogP contribution in [0.25, 0.3) is 0 Å². The molecule has 0 aliphatic rings. The minimum atomic E-state index is 0.186. The highest BCUT2D eigenvalue weighted by Gasteiger charge is 2.09. The number of benzene rings is 1. The molecule has 2 aromatic rings. The highest BCUT2D eigenvalue weighted by molar-refractivity contribution is 9.10. The Bertz CT molecular complexity index is 502. The summed E-state index contributed by atoms with van der Waals surface area (Å²) in [6, 6.07) is 6.18. The summed E-state index contributed by atoms with van der Waals surface area (Å²) in [7, 11) is 1.65. The van der Waals surface area contributed by atoms with Crippen LogP contribution >= 0.6 is 15.9 Å². The predicted octanol–water partition coefficient (Wildman–Crippen LogP) is 2.69. The van der Waals surface area contributed by atoms with Gasteiger partial charge in [0.25, 0.3) is 0 Å². The monoisotopic (exact) mass is 311 g/mol. The Balaban J connectivity index is 2.00. The molecule has 1 aromatic carbocycles. The summed E-state index contributed by atoms with van der Waals surface area (Å²) < 4.78 is 10.8. The van der Waals surface area contributed by atoms with Crippen LogP contribution in [-0.2, 0) is 6.54 Å². The molecule has 18 heavy (non-hydrogen) atoms. The molecule has 1 N–H and O–H groups in total. The number of ether oxygens (including phenoxy) is 1. The molecule has 1 atom stereocenters. The molecule has 0 spiro atoms. The third-order valence-electron chi connectivity index (χ3n) is 2.65. The Morgan fingerprint density at radius 2 is 2.33 bits per heavy atom. The number of hydrogen-bond acceptors (Lipinski definition) is 5. The van der Waals surface area contributed by atoms with Gasteiger partial charge in [-0.1, -0.05) is 11.2 Å². The van der Waals surface area contributed by atoms with E-state index in [0.29, 0.717) is 12.4 Å². The van der Waals surface area contributed by atoms with Crippen LogP contribution in [0, 0.1) is 0 Å². The topological polar surface area (TPSA) is 60.2 Å². The normalized spacial score (nSPS) is 12.4. The first kappa shape index (κ1) is 13.0. The Labute approximate surface area is 114 Å². The van der Waals surface area contributed by atoms with Gasteiger partial charge < -0.3 is 14.6 Å². The van der Waals surface area contributed by atoms with Gasteiger partial charge in [0, 0.05) is 6.04 Å². The van der Waals surface area contributed by atoms with Crippen molar-refractivity contribution in [3.8, 4) is 5.75 Å². The smallest absolute Gasteiger partial charge is 0.213 e. The fourth-order valence-electron chi connectivity index (χ4n) is 1.58. The third-order valence-corrected chi connectivity index (χ3v) is 3.27. The number of methoxy groups -OCH3 is 1. The summed E-state index contributed by atoms with van der Waals surface area (Å²) in [6.45, 7) is 2.65. The maximum atomic E-state index is 5.20. The quantitative estimate of drug-likeness (QED) is 0.920. The number of nitrogens with zero attached hydrogens (tertiary/aromatic N) is 2. The Kier molecular flexibility index (Phi) is 4.33. The van der Waals surface area contributed by atoms with E-state index in [4.69, 9.17) is 4.74 Å². The van der Waals surface area contributed by atoms with Crippen molar-refractivity contribution in [2.75, 3.05) is 7.11 Å². The van der Waals surface area contributed by atoms with Crippen molar-refractivity contribution in [1.29, 1.82) is 0 Å². The van der Waals surface area contributed by atoms with Gasteiger partial charge in [0.05, 0.1) is 18.1 Å². The highest BCUT2D eigenvalue weighted by Crippen LogP contribution is 2.27. The maximum Gasteiger partial charge on any atom is 0.213 e. The molecule has 1 heterocycles. The lowest BCUT2D eigenvalue weighted by Crippen LogP contribution is -2.18. The molecule has 1 unspecified atom stereocenters. The van der Waals surface area contributed by atoms with Gasteiger partial charge in [0.1, 0.15) is 5.75 Å². The molecule has 5 nitrogen and oxygen atoms in total. The molecule has 0 radical (unpaired) electrons. The van der Waals surface area contributed by atoms with Crippen LogP contribution in [-0.4, -0.2) is 17.3 Å². The van der Waals surface area contributed by atoms with Crippen molar-refractivity contribution in [1.82, 2.24) is 15.5 Å². The Hall–Kier alpha value is -1.40. The largest absolute Gasteiger partial charge is 0.496 e. The lowest BCUT2D eigenvalue weighted by molar-refractivity contribution is 0.404. The van der Waals surface area contributed by atoms with Crippen molar-refractivity contribution in [3.05, 3.63) is 40.5 Å². The second-order valence-electron chi connectivity index (χ2n) is 3.84. The molecular weight excluding hydrogens is 298 g/mol. The molecule has 0 saturated heterocycles. The Morgan fingerprint density at radius 3 is 2.94 bits per heavy atom. The van der Waals surface area contributed by atoms with Crippen molar-refractivity contribution < 1.29 is 9.26 Å². The molecule has 0 aliphatic carbocycles.